The van der Waals surface area contributed by atoms with Crippen LogP contribution in [0.3, 0.4) is 0 Å². The Kier molecular flexibility index (Phi) is 15.8. The van der Waals surface area contributed by atoms with Crippen LogP contribution in [-0.4, -0.2) is 25.4 Å². The zero-order valence-corrected chi connectivity index (χ0v) is 23.5. The Balaban J connectivity index is 0.000000321. The van der Waals surface area contributed by atoms with E-state index in [0.717, 1.165) is 12.3 Å². The SMILES string of the molecule is [CH3-].[NH-]CC[PH+](c1ccccc1)c1ccccc1.[NH-]CC[PH+](c1ccccc1)c1ccccc1.[Ru+3]. The van der Waals surface area contributed by atoms with E-state index in [0.29, 0.717) is 13.1 Å². The molecular formula is C29H35N2P2Ru+2. The van der Waals surface area contributed by atoms with Crippen molar-refractivity contribution in [3.05, 3.63) is 140 Å². The third kappa shape index (κ3) is 9.50. The minimum atomic E-state index is -0.738. The molecule has 177 valence electrons. The van der Waals surface area contributed by atoms with Crippen LogP contribution in [0.1, 0.15) is 0 Å². The van der Waals surface area contributed by atoms with E-state index in [1.807, 2.05) is 0 Å². The van der Waals surface area contributed by atoms with Crippen molar-refractivity contribution in [2.24, 2.45) is 0 Å². The molecule has 0 bridgehead atoms. The molecule has 4 aromatic rings. The zero-order chi connectivity index (χ0) is 22.4. The molecule has 0 aromatic heterocycles. The van der Waals surface area contributed by atoms with Crippen LogP contribution in [0.15, 0.2) is 121 Å². The van der Waals surface area contributed by atoms with Crippen molar-refractivity contribution in [1.29, 1.82) is 0 Å². The Morgan fingerprint density at radius 3 is 0.794 bits per heavy atom. The standard InChI is InChI=1S/2C14H15NP.CH3.Ru/c2*15-11-12-16(13-7-3-1-4-8-13)14-9-5-2-6-10-14;;/h2*1-10,15H,11-12H2;1H3;/q3*-1;+3/p+2. The van der Waals surface area contributed by atoms with Gasteiger partial charge >= 0.3 is 19.5 Å². The molecule has 2 nitrogen and oxygen atoms in total. The van der Waals surface area contributed by atoms with Crippen LogP contribution in [0.25, 0.3) is 11.5 Å². The van der Waals surface area contributed by atoms with Gasteiger partial charge in [-0.05, 0) is 48.5 Å². The number of rotatable bonds is 8. The first-order valence-corrected chi connectivity index (χ1v) is 14.5. The summed E-state index contributed by atoms with van der Waals surface area (Å²) in [6.07, 6.45) is 1.97. The summed E-state index contributed by atoms with van der Waals surface area (Å²) in [5.74, 6) is 0. The molecule has 4 aromatic carbocycles. The molecule has 0 aliphatic heterocycles. The molecule has 5 heteroatoms. The van der Waals surface area contributed by atoms with Crippen molar-refractivity contribution in [1.82, 2.24) is 0 Å². The van der Waals surface area contributed by atoms with Gasteiger partial charge in [-0.3, -0.25) is 0 Å². The van der Waals surface area contributed by atoms with Gasteiger partial charge in [-0.2, -0.15) is 0 Å². The van der Waals surface area contributed by atoms with Crippen molar-refractivity contribution >= 4 is 37.1 Å². The van der Waals surface area contributed by atoms with Gasteiger partial charge in [0.1, 0.15) is 0 Å². The van der Waals surface area contributed by atoms with Crippen LogP contribution in [0.2, 0.25) is 0 Å². The smallest absolute Gasteiger partial charge is 0.674 e. The zero-order valence-electron chi connectivity index (χ0n) is 19.7. The summed E-state index contributed by atoms with van der Waals surface area (Å²) in [4.78, 5) is 0. The van der Waals surface area contributed by atoms with E-state index in [-0.39, 0.29) is 26.9 Å². The van der Waals surface area contributed by atoms with Gasteiger partial charge in [-0.15, -0.1) is 13.1 Å². The van der Waals surface area contributed by atoms with E-state index < -0.39 is 15.8 Å². The van der Waals surface area contributed by atoms with E-state index in [9.17, 15) is 0 Å². The maximum atomic E-state index is 7.46. The summed E-state index contributed by atoms with van der Waals surface area (Å²) in [5.41, 5.74) is 14.9. The Hall–Kier alpha value is -1.72. The minimum Gasteiger partial charge on any atom is -0.674 e. The Morgan fingerprint density at radius 2 is 0.618 bits per heavy atom. The normalized spacial score (nSPS) is 10.0. The summed E-state index contributed by atoms with van der Waals surface area (Å²) in [5, 5.41) is 5.63. The van der Waals surface area contributed by atoms with Crippen LogP contribution < -0.4 is 21.2 Å². The molecule has 0 spiro atoms. The first kappa shape index (κ1) is 30.3. The first-order valence-electron chi connectivity index (χ1n) is 11.1. The Morgan fingerprint density at radius 1 is 0.412 bits per heavy atom. The summed E-state index contributed by atoms with van der Waals surface area (Å²) in [6, 6.07) is 42.5. The molecule has 34 heavy (non-hydrogen) atoms. The first-order chi connectivity index (χ1) is 15.8. The van der Waals surface area contributed by atoms with Gasteiger partial charge < -0.3 is 18.9 Å². The van der Waals surface area contributed by atoms with Crippen LogP contribution in [0.5, 0.6) is 0 Å². The minimum absolute atomic E-state index is 0. The summed E-state index contributed by atoms with van der Waals surface area (Å²) in [6.45, 7) is 1.02. The maximum absolute atomic E-state index is 7.46. The molecule has 1 radical (unpaired) electrons. The number of benzene rings is 4. The Labute approximate surface area is 221 Å². The second kappa shape index (κ2) is 17.7. The van der Waals surface area contributed by atoms with E-state index in [1.165, 1.54) is 21.2 Å². The fraction of sp³-hybridized carbons (Fsp3) is 0.138. The summed E-state index contributed by atoms with van der Waals surface area (Å²) in [7, 11) is -1.48. The van der Waals surface area contributed by atoms with Crippen LogP contribution in [-0.2, 0) is 19.5 Å². The third-order valence-corrected chi connectivity index (χ3v) is 10.9. The van der Waals surface area contributed by atoms with E-state index in [4.69, 9.17) is 11.5 Å². The largest absolute Gasteiger partial charge is 3.00 e. The van der Waals surface area contributed by atoms with Gasteiger partial charge in [-0.1, -0.05) is 72.8 Å². The molecule has 2 N–H and O–H groups in total. The quantitative estimate of drug-likeness (QED) is 0.136. The monoisotopic (exact) mass is 575 g/mol. The summed E-state index contributed by atoms with van der Waals surface area (Å²) >= 11 is 0. The topological polar surface area (TPSA) is 47.6 Å². The summed E-state index contributed by atoms with van der Waals surface area (Å²) < 4.78 is 0. The van der Waals surface area contributed by atoms with Gasteiger partial charge in [-0.25, -0.2) is 0 Å². The van der Waals surface area contributed by atoms with Gasteiger partial charge in [0, 0.05) is 12.3 Å². The molecule has 0 saturated carbocycles. The van der Waals surface area contributed by atoms with E-state index >= 15 is 0 Å². The molecule has 0 aliphatic rings. The van der Waals surface area contributed by atoms with Crippen molar-refractivity contribution in [2.45, 2.75) is 0 Å². The molecule has 0 aliphatic carbocycles. The van der Waals surface area contributed by atoms with Gasteiger partial charge in [0.2, 0.25) is 0 Å². The second-order valence-electron chi connectivity index (χ2n) is 7.42. The average Bonchev–Trinajstić information content (AvgIpc) is 2.88. The van der Waals surface area contributed by atoms with Crippen LogP contribution in [0.4, 0.5) is 0 Å². The average molecular weight is 575 g/mol. The van der Waals surface area contributed by atoms with Gasteiger partial charge in [0.25, 0.3) is 0 Å². The molecule has 0 unspecified atom stereocenters. The Bertz CT molecular complexity index is 839. The molecule has 0 heterocycles. The van der Waals surface area contributed by atoms with Crippen molar-refractivity contribution in [3.8, 4) is 0 Å². The van der Waals surface area contributed by atoms with Gasteiger partial charge in [0.15, 0.2) is 0 Å². The molecule has 0 fully saturated rings. The van der Waals surface area contributed by atoms with Crippen molar-refractivity contribution < 1.29 is 19.5 Å². The molecule has 0 atom stereocenters. The van der Waals surface area contributed by atoms with Crippen molar-refractivity contribution in [3.63, 3.8) is 0 Å². The van der Waals surface area contributed by atoms with Gasteiger partial charge in [0.05, 0.1) is 37.1 Å². The molecule has 0 saturated heterocycles. The fourth-order valence-electron chi connectivity index (χ4n) is 3.72. The van der Waals surface area contributed by atoms with Crippen LogP contribution in [0, 0.1) is 7.43 Å². The van der Waals surface area contributed by atoms with Crippen LogP contribution >= 0.6 is 15.8 Å². The second-order valence-corrected chi connectivity index (χ2v) is 12.6. The third-order valence-electron chi connectivity index (χ3n) is 5.24. The fourth-order valence-corrected chi connectivity index (χ4v) is 8.42. The number of hydrogen-bond acceptors (Lipinski definition) is 0. The predicted octanol–water partition coefficient (Wildman–Crippen LogP) is 6.26. The van der Waals surface area contributed by atoms with Crippen molar-refractivity contribution in [2.75, 3.05) is 25.4 Å². The maximum Gasteiger partial charge on any atom is 3.00 e. The number of hydrogen-bond donors (Lipinski definition) is 0. The van der Waals surface area contributed by atoms with E-state index in [1.54, 1.807) is 0 Å². The molecular weight excluding hydrogens is 539 g/mol. The number of nitrogens with one attached hydrogen (secondary N) is 2. The molecule has 0 amide bonds. The molecule has 4 rings (SSSR count). The van der Waals surface area contributed by atoms with E-state index in [2.05, 4.69) is 121 Å². The predicted molar refractivity (Wildman–Crippen MR) is 155 cm³/mol.